The summed E-state index contributed by atoms with van der Waals surface area (Å²) < 4.78 is 98.2. The Labute approximate surface area is 117 Å². The van der Waals surface area contributed by atoms with Crippen molar-refractivity contribution in [3.63, 3.8) is 0 Å². The smallest absolute Gasteiger partial charge is 0.335 e. The molecule has 0 amide bonds. The average Bonchev–Trinajstić information content (AvgIpc) is 2.50. The fourth-order valence-corrected chi connectivity index (χ4v) is 1.70. The summed E-state index contributed by atoms with van der Waals surface area (Å²) in [7, 11) is 0. The van der Waals surface area contributed by atoms with Crippen LogP contribution in [0.3, 0.4) is 0 Å². The lowest BCUT2D eigenvalue weighted by Crippen LogP contribution is -2.10. The fourth-order valence-electron chi connectivity index (χ4n) is 1.70. The minimum Gasteiger partial charge on any atom is -0.419 e. The van der Waals surface area contributed by atoms with E-state index in [1.165, 1.54) is 0 Å². The van der Waals surface area contributed by atoms with Crippen molar-refractivity contribution >= 4 is 16.7 Å². The van der Waals surface area contributed by atoms with Gasteiger partial charge in [-0.1, -0.05) is 6.58 Å². The van der Waals surface area contributed by atoms with Gasteiger partial charge in [-0.3, -0.25) is 0 Å². The summed E-state index contributed by atoms with van der Waals surface area (Å²) in [6, 6.07) is 0. The van der Waals surface area contributed by atoms with Gasteiger partial charge in [-0.2, -0.15) is 4.39 Å². The molecule has 9 heteroatoms. The van der Waals surface area contributed by atoms with Crippen LogP contribution in [-0.4, -0.2) is 5.97 Å². The first kappa shape index (κ1) is 15.8. The van der Waals surface area contributed by atoms with E-state index in [4.69, 9.17) is 0 Å². The van der Waals surface area contributed by atoms with Gasteiger partial charge < -0.3 is 4.74 Å². The summed E-state index contributed by atoms with van der Waals surface area (Å²) in [5.74, 6) is -19.4. The fraction of sp³-hybridized carbons (Fsp3) is 0. The molecule has 0 atom stereocenters. The van der Waals surface area contributed by atoms with Gasteiger partial charge >= 0.3 is 5.97 Å². The van der Waals surface area contributed by atoms with Crippen LogP contribution in [0.15, 0.2) is 12.7 Å². The summed E-state index contributed by atoms with van der Waals surface area (Å²) >= 11 is 0. The molecule has 2 aromatic rings. The molecule has 0 unspecified atom stereocenters. The van der Waals surface area contributed by atoms with E-state index in [2.05, 4.69) is 11.3 Å². The molecule has 116 valence electrons. The third-order valence-corrected chi connectivity index (χ3v) is 2.67. The van der Waals surface area contributed by atoms with Gasteiger partial charge in [0.2, 0.25) is 5.82 Å². The molecule has 0 aromatic heterocycles. The number of benzene rings is 2. The van der Waals surface area contributed by atoms with E-state index in [-0.39, 0.29) is 0 Å². The predicted molar refractivity (Wildman–Crippen MR) is 59.5 cm³/mol. The molecule has 0 saturated heterocycles. The average molecular weight is 324 g/mol. The molecule has 0 heterocycles. The van der Waals surface area contributed by atoms with Crippen molar-refractivity contribution in [2.45, 2.75) is 0 Å². The van der Waals surface area contributed by atoms with Crippen LogP contribution in [0.2, 0.25) is 0 Å². The Morgan fingerprint density at radius 3 is 1.59 bits per heavy atom. The van der Waals surface area contributed by atoms with Gasteiger partial charge in [-0.15, -0.1) is 0 Å². The molecule has 0 bridgehead atoms. The zero-order valence-corrected chi connectivity index (χ0v) is 10.2. The van der Waals surface area contributed by atoms with Gasteiger partial charge in [0.05, 0.1) is 10.8 Å². The topological polar surface area (TPSA) is 26.3 Å². The number of hydrogen-bond acceptors (Lipinski definition) is 2. The lowest BCUT2D eigenvalue weighted by atomic mass is 10.1. The highest BCUT2D eigenvalue weighted by molar-refractivity contribution is 5.94. The molecule has 0 N–H and O–H groups in total. The van der Waals surface area contributed by atoms with Crippen molar-refractivity contribution in [3.8, 4) is 5.75 Å². The highest BCUT2D eigenvalue weighted by Gasteiger charge is 2.31. The quantitative estimate of drug-likeness (QED) is 0.209. The number of fused-ring (bicyclic) bond motifs is 1. The molecule has 0 fully saturated rings. The molecule has 0 aliphatic rings. The van der Waals surface area contributed by atoms with E-state index in [1.54, 1.807) is 0 Å². The summed E-state index contributed by atoms with van der Waals surface area (Å²) in [4.78, 5) is 11.0. The number of hydrogen-bond donors (Lipinski definition) is 0. The molecular weight excluding hydrogens is 321 g/mol. The summed E-state index contributed by atoms with van der Waals surface area (Å²) in [5, 5.41) is -3.33. The van der Waals surface area contributed by atoms with Gasteiger partial charge in [0.15, 0.2) is 40.7 Å². The van der Waals surface area contributed by atoms with E-state index in [9.17, 15) is 35.5 Å². The minimum absolute atomic E-state index is 0.445. The first-order valence-electron chi connectivity index (χ1n) is 5.38. The van der Waals surface area contributed by atoms with Crippen molar-refractivity contribution in [1.29, 1.82) is 0 Å². The normalized spacial score (nSPS) is 10.9. The van der Waals surface area contributed by atoms with Crippen LogP contribution < -0.4 is 4.74 Å². The van der Waals surface area contributed by atoms with Crippen LogP contribution >= 0.6 is 0 Å². The number of carbonyl (C=O) groups is 1. The summed E-state index contributed by atoms with van der Waals surface area (Å²) in [6.07, 6.45) is 0.445. The van der Waals surface area contributed by atoms with Gasteiger partial charge in [-0.05, 0) is 0 Å². The molecule has 0 spiro atoms. The van der Waals surface area contributed by atoms with E-state index in [0.29, 0.717) is 6.08 Å². The Morgan fingerprint density at radius 1 is 0.727 bits per heavy atom. The van der Waals surface area contributed by atoms with Crippen molar-refractivity contribution in [1.82, 2.24) is 0 Å². The number of esters is 1. The second-order valence-electron chi connectivity index (χ2n) is 3.90. The molecule has 2 rings (SSSR count). The molecule has 2 nitrogen and oxygen atoms in total. The summed E-state index contributed by atoms with van der Waals surface area (Å²) in [6.45, 7) is 2.91. The highest BCUT2D eigenvalue weighted by atomic mass is 19.2. The van der Waals surface area contributed by atoms with Crippen LogP contribution in [-0.2, 0) is 4.79 Å². The zero-order chi connectivity index (χ0) is 16.8. The van der Waals surface area contributed by atoms with Gasteiger partial charge in [0.25, 0.3) is 0 Å². The van der Waals surface area contributed by atoms with Gasteiger partial charge in [0, 0.05) is 6.08 Å². The maximum Gasteiger partial charge on any atom is 0.335 e. The Kier molecular flexibility index (Phi) is 3.82. The molecule has 2 aromatic carbocycles. The molecule has 0 radical (unpaired) electrons. The standard InChI is InChI=1S/C13H3F7O2/c1-2-3(21)22-13-5-4(7(15)11(19)12(13)20)6(14)9(17)10(18)8(5)16/h2H,1H2. The second-order valence-corrected chi connectivity index (χ2v) is 3.90. The Hall–Kier alpha value is -2.58. The first-order valence-corrected chi connectivity index (χ1v) is 5.38. The second kappa shape index (κ2) is 5.32. The van der Waals surface area contributed by atoms with E-state index in [1.807, 2.05) is 0 Å². The molecule has 0 aliphatic carbocycles. The lowest BCUT2D eigenvalue weighted by Gasteiger charge is -2.12. The van der Waals surface area contributed by atoms with E-state index < -0.39 is 63.2 Å². The van der Waals surface area contributed by atoms with Crippen LogP contribution in [0, 0.1) is 40.7 Å². The highest BCUT2D eigenvalue weighted by Crippen LogP contribution is 2.38. The van der Waals surface area contributed by atoms with E-state index in [0.717, 1.165) is 0 Å². The maximum absolute atomic E-state index is 13.7. The SMILES string of the molecule is C=CC(=O)Oc1c(F)c(F)c(F)c2c(F)c(F)c(F)c(F)c12. The third-order valence-electron chi connectivity index (χ3n) is 2.67. The van der Waals surface area contributed by atoms with Crippen molar-refractivity contribution in [2.24, 2.45) is 0 Å². The first-order chi connectivity index (χ1) is 10.2. The molecule has 0 aliphatic heterocycles. The third kappa shape index (κ3) is 2.09. The predicted octanol–water partition coefficient (Wildman–Crippen LogP) is 3.90. The van der Waals surface area contributed by atoms with Crippen molar-refractivity contribution < 1.29 is 40.3 Å². The Morgan fingerprint density at radius 2 is 1.14 bits per heavy atom. The number of rotatable bonds is 2. The zero-order valence-electron chi connectivity index (χ0n) is 10.2. The monoisotopic (exact) mass is 324 g/mol. The number of halogens is 7. The van der Waals surface area contributed by atoms with Gasteiger partial charge in [-0.25, -0.2) is 31.1 Å². The van der Waals surface area contributed by atoms with Crippen molar-refractivity contribution in [2.75, 3.05) is 0 Å². The largest absolute Gasteiger partial charge is 0.419 e. The maximum atomic E-state index is 13.7. The number of carbonyl (C=O) groups excluding carboxylic acids is 1. The summed E-state index contributed by atoms with van der Waals surface area (Å²) in [5.41, 5.74) is 0. The Bertz CT molecular complexity index is 821. The molecule has 22 heavy (non-hydrogen) atoms. The molecule has 0 saturated carbocycles. The minimum atomic E-state index is -2.43. The van der Waals surface area contributed by atoms with E-state index >= 15 is 0 Å². The molecular formula is C13H3F7O2. The Balaban J connectivity index is 3.07. The van der Waals surface area contributed by atoms with Crippen LogP contribution in [0.1, 0.15) is 0 Å². The lowest BCUT2D eigenvalue weighted by molar-refractivity contribution is -0.129. The van der Waals surface area contributed by atoms with Crippen LogP contribution in [0.4, 0.5) is 30.7 Å². The van der Waals surface area contributed by atoms with Crippen LogP contribution in [0.5, 0.6) is 5.75 Å². The van der Waals surface area contributed by atoms with Crippen LogP contribution in [0.25, 0.3) is 10.8 Å². The van der Waals surface area contributed by atoms with Crippen molar-refractivity contribution in [3.05, 3.63) is 53.4 Å². The number of ether oxygens (including phenoxy) is 1. The van der Waals surface area contributed by atoms with Gasteiger partial charge in [0.1, 0.15) is 0 Å².